The maximum Gasteiger partial charge on any atom is 0.224 e. The van der Waals surface area contributed by atoms with Gasteiger partial charge in [-0.2, -0.15) is 0 Å². The Balaban J connectivity index is 1.52. The molecule has 3 aliphatic carbocycles. The number of hydrogen-bond donors (Lipinski definition) is 2. The zero-order chi connectivity index (χ0) is 15.6. The second-order valence-corrected chi connectivity index (χ2v) is 7.81. The van der Waals surface area contributed by atoms with E-state index in [2.05, 4.69) is 5.32 Å². The predicted octanol–water partition coefficient (Wildman–Crippen LogP) is 2.46. The maximum atomic E-state index is 12.7. The van der Waals surface area contributed by atoms with Crippen LogP contribution in [0.3, 0.4) is 0 Å². The molecule has 4 heteroatoms. The summed E-state index contributed by atoms with van der Waals surface area (Å²) in [4.78, 5) is 12.7. The van der Waals surface area contributed by atoms with Crippen LogP contribution in [0.1, 0.15) is 58.3 Å². The molecule has 4 atom stereocenters. The summed E-state index contributed by atoms with van der Waals surface area (Å²) in [5, 5.41) is 3.28. The Bertz CT molecular complexity index is 391. The third-order valence-electron chi connectivity index (χ3n) is 6.57. The molecule has 0 aromatic carbocycles. The van der Waals surface area contributed by atoms with Crippen LogP contribution in [0.15, 0.2) is 0 Å². The van der Waals surface area contributed by atoms with Crippen LogP contribution >= 0.6 is 0 Å². The van der Waals surface area contributed by atoms with Crippen molar-refractivity contribution in [2.45, 2.75) is 64.3 Å². The van der Waals surface area contributed by atoms with Gasteiger partial charge in [0.25, 0.3) is 0 Å². The molecule has 22 heavy (non-hydrogen) atoms. The van der Waals surface area contributed by atoms with Gasteiger partial charge >= 0.3 is 0 Å². The van der Waals surface area contributed by atoms with E-state index in [4.69, 9.17) is 10.5 Å². The van der Waals surface area contributed by atoms with Crippen LogP contribution in [-0.4, -0.2) is 31.7 Å². The normalized spacial score (nSPS) is 35.9. The van der Waals surface area contributed by atoms with Crippen molar-refractivity contribution in [3.63, 3.8) is 0 Å². The number of rotatable bonds is 7. The van der Waals surface area contributed by atoms with Crippen LogP contribution in [-0.2, 0) is 9.53 Å². The molecule has 3 fully saturated rings. The van der Waals surface area contributed by atoms with E-state index in [0.717, 1.165) is 26.2 Å². The molecule has 0 aromatic heterocycles. The average Bonchev–Trinajstić information content (AvgIpc) is 3.21. The second kappa shape index (κ2) is 6.88. The molecule has 0 radical (unpaired) electrons. The highest BCUT2D eigenvalue weighted by atomic mass is 16.5. The molecule has 0 saturated heterocycles. The van der Waals surface area contributed by atoms with Gasteiger partial charge in [0, 0.05) is 25.8 Å². The molecule has 0 aliphatic heterocycles. The predicted molar refractivity (Wildman–Crippen MR) is 87.3 cm³/mol. The lowest BCUT2D eigenvalue weighted by Gasteiger charge is -2.32. The molecular weight excluding hydrogens is 276 g/mol. The smallest absolute Gasteiger partial charge is 0.224 e. The Labute approximate surface area is 134 Å². The van der Waals surface area contributed by atoms with Crippen molar-refractivity contribution in [3.8, 4) is 0 Å². The van der Waals surface area contributed by atoms with Crippen molar-refractivity contribution in [2.24, 2.45) is 28.9 Å². The molecule has 0 aromatic rings. The minimum Gasteiger partial charge on any atom is -0.382 e. The molecule has 1 amide bonds. The van der Waals surface area contributed by atoms with E-state index in [-0.39, 0.29) is 23.3 Å². The summed E-state index contributed by atoms with van der Waals surface area (Å²) >= 11 is 0. The van der Waals surface area contributed by atoms with Crippen LogP contribution in [0.4, 0.5) is 0 Å². The Morgan fingerprint density at radius 3 is 2.64 bits per heavy atom. The quantitative estimate of drug-likeness (QED) is 0.710. The zero-order valence-corrected chi connectivity index (χ0v) is 14.0. The van der Waals surface area contributed by atoms with E-state index in [1.165, 1.54) is 44.9 Å². The van der Waals surface area contributed by atoms with Gasteiger partial charge in [0.1, 0.15) is 0 Å². The highest BCUT2D eigenvalue weighted by Gasteiger charge is 2.49. The molecular formula is C18H32N2O2. The lowest BCUT2D eigenvalue weighted by Crippen LogP contribution is -2.47. The maximum absolute atomic E-state index is 12.7. The second-order valence-electron chi connectivity index (χ2n) is 7.81. The molecule has 3 rings (SSSR count). The summed E-state index contributed by atoms with van der Waals surface area (Å²) in [7, 11) is 0. The topological polar surface area (TPSA) is 64.3 Å². The molecule has 4 nitrogen and oxygen atoms in total. The number of amides is 1. The van der Waals surface area contributed by atoms with Crippen molar-refractivity contribution >= 4 is 5.91 Å². The highest BCUT2D eigenvalue weighted by molar-refractivity contribution is 5.80. The Hall–Kier alpha value is -0.610. The Kier molecular flexibility index (Phi) is 5.08. The van der Waals surface area contributed by atoms with Gasteiger partial charge in [0.15, 0.2) is 0 Å². The fraction of sp³-hybridized carbons (Fsp3) is 0.944. The highest BCUT2D eigenvalue weighted by Crippen LogP contribution is 2.48. The van der Waals surface area contributed by atoms with Crippen molar-refractivity contribution < 1.29 is 9.53 Å². The van der Waals surface area contributed by atoms with Crippen LogP contribution in [0.5, 0.6) is 0 Å². The van der Waals surface area contributed by atoms with E-state index in [0.29, 0.717) is 11.8 Å². The van der Waals surface area contributed by atoms with Gasteiger partial charge in [-0.25, -0.2) is 0 Å². The zero-order valence-electron chi connectivity index (χ0n) is 14.0. The number of nitrogens with one attached hydrogen (secondary N) is 1. The number of fused-ring (bicyclic) bond motifs is 2. The van der Waals surface area contributed by atoms with Gasteiger partial charge in [-0.05, 0) is 62.7 Å². The minimum atomic E-state index is 0.0732. The monoisotopic (exact) mass is 308 g/mol. The van der Waals surface area contributed by atoms with Crippen LogP contribution in [0, 0.1) is 23.2 Å². The van der Waals surface area contributed by atoms with Crippen molar-refractivity contribution in [1.29, 1.82) is 0 Å². The van der Waals surface area contributed by atoms with Crippen molar-refractivity contribution in [3.05, 3.63) is 0 Å². The van der Waals surface area contributed by atoms with Gasteiger partial charge < -0.3 is 15.8 Å². The summed E-state index contributed by atoms with van der Waals surface area (Å²) in [6, 6.07) is 0.0988. The number of ether oxygens (including phenoxy) is 1. The summed E-state index contributed by atoms with van der Waals surface area (Å²) in [6.07, 6.45) is 9.70. The van der Waals surface area contributed by atoms with E-state index >= 15 is 0 Å². The summed E-state index contributed by atoms with van der Waals surface area (Å²) in [5.41, 5.74) is 6.57. The van der Waals surface area contributed by atoms with Crippen LogP contribution < -0.4 is 11.1 Å². The fourth-order valence-corrected chi connectivity index (χ4v) is 5.19. The first-order chi connectivity index (χ1) is 10.7. The van der Waals surface area contributed by atoms with Gasteiger partial charge in [0.2, 0.25) is 5.91 Å². The molecule has 126 valence electrons. The number of carbonyl (C=O) groups is 1. The SMILES string of the molecule is CCOCCC1(CNC(=O)C2C3CCC(C3)C2N)CCCC1. The first-order valence-electron chi connectivity index (χ1n) is 9.26. The molecule has 3 saturated carbocycles. The lowest BCUT2D eigenvalue weighted by atomic mass is 9.81. The summed E-state index contributed by atoms with van der Waals surface area (Å²) in [5.74, 6) is 1.44. The van der Waals surface area contributed by atoms with Gasteiger partial charge in [0.05, 0.1) is 5.92 Å². The third-order valence-corrected chi connectivity index (χ3v) is 6.57. The van der Waals surface area contributed by atoms with Crippen LogP contribution in [0.2, 0.25) is 0 Å². The molecule has 4 unspecified atom stereocenters. The number of carbonyl (C=O) groups excluding carboxylic acids is 1. The van der Waals surface area contributed by atoms with Gasteiger partial charge in [-0.3, -0.25) is 4.79 Å². The molecule has 0 heterocycles. The Morgan fingerprint density at radius 2 is 2.00 bits per heavy atom. The molecule has 0 spiro atoms. The van der Waals surface area contributed by atoms with Crippen molar-refractivity contribution in [2.75, 3.05) is 19.8 Å². The molecule has 2 bridgehead atoms. The largest absolute Gasteiger partial charge is 0.382 e. The lowest BCUT2D eigenvalue weighted by molar-refractivity contribution is -0.127. The molecule has 3 aliphatic rings. The van der Waals surface area contributed by atoms with Gasteiger partial charge in [-0.1, -0.05) is 12.8 Å². The summed E-state index contributed by atoms with van der Waals surface area (Å²) in [6.45, 7) is 4.46. The van der Waals surface area contributed by atoms with Gasteiger partial charge in [-0.15, -0.1) is 0 Å². The number of hydrogen-bond acceptors (Lipinski definition) is 3. The third kappa shape index (κ3) is 3.18. The standard InChI is InChI=1S/C18H32N2O2/c1-2-22-10-9-18(7-3-4-8-18)12-20-17(21)15-13-5-6-14(11-13)16(15)19/h13-16H,2-12,19H2,1H3,(H,20,21). The van der Waals surface area contributed by atoms with E-state index in [1.807, 2.05) is 6.92 Å². The first kappa shape index (κ1) is 16.3. The van der Waals surface area contributed by atoms with Crippen molar-refractivity contribution in [1.82, 2.24) is 5.32 Å². The van der Waals surface area contributed by atoms with E-state index < -0.39 is 0 Å². The number of nitrogens with two attached hydrogens (primary N) is 1. The van der Waals surface area contributed by atoms with E-state index in [1.54, 1.807) is 0 Å². The van der Waals surface area contributed by atoms with Crippen LogP contribution in [0.25, 0.3) is 0 Å². The van der Waals surface area contributed by atoms with E-state index in [9.17, 15) is 4.79 Å². The minimum absolute atomic E-state index is 0.0732. The fourth-order valence-electron chi connectivity index (χ4n) is 5.19. The first-order valence-corrected chi connectivity index (χ1v) is 9.26. The Morgan fingerprint density at radius 1 is 1.27 bits per heavy atom. The average molecular weight is 308 g/mol. The summed E-state index contributed by atoms with van der Waals surface area (Å²) < 4.78 is 5.55. The molecule has 3 N–H and O–H groups in total.